The van der Waals surface area contributed by atoms with Gasteiger partial charge in [0.2, 0.25) is 5.91 Å². The number of rotatable bonds is 6. The fraction of sp³-hybridized carbons (Fsp3) is 0.200. The van der Waals surface area contributed by atoms with E-state index in [0.29, 0.717) is 11.6 Å². The molecule has 0 fully saturated rings. The van der Waals surface area contributed by atoms with Gasteiger partial charge in [0.05, 0.1) is 6.54 Å². The molecule has 1 N–H and O–H groups in total. The van der Waals surface area contributed by atoms with Crippen molar-refractivity contribution >= 4 is 28.8 Å². The Balaban J connectivity index is 1.84. The maximum atomic E-state index is 12.8. The number of halogens is 1. The number of hydrogen-bond donors (Lipinski definition) is 1. The molecular weight excluding hydrogens is 368 g/mol. The summed E-state index contributed by atoms with van der Waals surface area (Å²) in [6, 6.07) is 14.5. The zero-order valence-corrected chi connectivity index (χ0v) is 15.9. The summed E-state index contributed by atoms with van der Waals surface area (Å²) < 4.78 is 0. The van der Waals surface area contributed by atoms with Gasteiger partial charge in [0.25, 0.3) is 0 Å². The van der Waals surface area contributed by atoms with Crippen LogP contribution >= 0.6 is 22.9 Å². The lowest BCUT2D eigenvalue weighted by molar-refractivity contribution is -0.130. The molecule has 0 bridgehead atoms. The number of carbonyl (C=O) groups is 1. The SMILES string of the molecule is CN(Cc1nccs1)C(=O)CC(c1cccc(O)c1)c1cccc(Cl)c1. The van der Waals surface area contributed by atoms with Gasteiger partial charge in [-0.3, -0.25) is 4.79 Å². The van der Waals surface area contributed by atoms with Crippen LogP contribution in [0.4, 0.5) is 0 Å². The van der Waals surface area contributed by atoms with Crippen LogP contribution in [0.25, 0.3) is 0 Å². The topological polar surface area (TPSA) is 53.4 Å². The number of benzene rings is 2. The normalized spacial score (nSPS) is 11.9. The first kappa shape index (κ1) is 18.4. The molecule has 26 heavy (non-hydrogen) atoms. The maximum Gasteiger partial charge on any atom is 0.223 e. The second kappa shape index (κ2) is 8.34. The fourth-order valence-electron chi connectivity index (χ4n) is 2.85. The Morgan fingerprint density at radius 1 is 1.23 bits per heavy atom. The number of aromatic nitrogens is 1. The van der Waals surface area contributed by atoms with Gasteiger partial charge in [-0.25, -0.2) is 4.98 Å². The summed E-state index contributed by atoms with van der Waals surface area (Å²) in [6.07, 6.45) is 2.02. The lowest BCUT2D eigenvalue weighted by atomic mass is 9.88. The van der Waals surface area contributed by atoms with E-state index in [9.17, 15) is 9.90 Å². The molecule has 0 aliphatic carbocycles. The summed E-state index contributed by atoms with van der Waals surface area (Å²) in [5, 5.41) is 13.3. The number of aromatic hydroxyl groups is 1. The maximum absolute atomic E-state index is 12.8. The predicted molar refractivity (Wildman–Crippen MR) is 105 cm³/mol. The Morgan fingerprint density at radius 2 is 1.96 bits per heavy atom. The first-order valence-electron chi connectivity index (χ1n) is 8.19. The van der Waals surface area contributed by atoms with Gasteiger partial charge in [-0.2, -0.15) is 0 Å². The average Bonchev–Trinajstić information content (AvgIpc) is 3.12. The molecule has 1 unspecified atom stereocenters. The van der Waals surface area contributed by atoms with Gasteiger partial charge in [0.1, 0.15) is 10.8 Å². The molecule has 0 saturated carbocycles. The smallest absolute Gasteiger partial charge is 0.223 e. The van der Waals surface area contributed by atoms with Crippen molar-refractivity contribution in [3.63, 3.8) is 0 Å². The summed E-state index contributed by atoms with van der Waals surface area (Å²) in [6.45, 7) is 0.485. The van der Waals surface area contributed by atoms with E-state index in [2.05, 4.69) is 4.98 Å². The van der Waals surface area contributed by atoms with Gasteiger partial charge in [-0.1, -0.05) is 35.9 Å². The summed E-state index contributed by atoms with van der Waals surface area (Å²) >= 11 is 7.68. The van der Waals surface area contributed by atoms with Crippen LogP contribution in [0.1, 0.15) is 28.5 Å². The van der Waals surface area contributed by atoms with Crippen LogP contribution in [-0.2, 0) is 11.3 Å². The molecule has 6 heteroatoms. The summed E-state index contributed by atoms with van der Waals surface area (Å²) in [5.41, 5.74) is 1.82. The van der Waals surface area contributed by atoms with Crippen LogP contribution < -0.4 is 0 Å². The van der Waals surface area contributed by atoms with Crippen molar-refractivity contribution in [2.75, 3.05) is 7.05 Å². The third kappa shape index (κ3) is 4.62. The van der Waals surface area contributed by atoms with Crippen molar-refractivity contribution in [1.29, 1.82) is 0 Å². The van der Waals surface area contributed by atoms with E-state index in [1.54, 1.807) is 42.4 Å². The van der Waals surface area contributed by atoms with Crippen molar-refractivity contribution in [1.82, 2.24) is 9.88 Å². The number of hydrogen-bond acceptors (Lipinski definition) is 4. The van der Waals surface area contributed by atoms with E-state index in [0.717, 1.165) is 16.1 Å². The molecule has 2 aromatic carbocycles. The third-order valence-corrected chi connectivity index (χ3v) is 5.18. The van der Waals surface area contributed by atoms with Crippen molar-refractivity contribution in [2.45, 2.75) is 18.9 Å². The standard InChI is InChI=1S/C20H19ClN2O2S/c1-23(13-19-22-8-9-26-19)20(25)12-18(14-4-2-6-16(21)10-14)15-5-3-7-17(24)11-15/h2-11,18,24H,12-13H2,1H3. The fourth-order valence-corrected chi connectivity index (χ4v) is 3.71. The van der Waals surface area contributed by atoms with Crippen LogP contribution in [0.2, 0.25) is 5.02 Å². The molecular formula is C20H19ClN2O2S. The highest BCUT2D eigenvalue weighted by molar-refractivity contribution is 7.09. The van der Waals surface area contributed by atoms with E-state index in [1.165, 1.54) is 11.3 Å². The first-order chi connectivity index (χ1) is 12.5. The quantitative estimate of drug-likeness (QED) is 0.669. The number of amides is 1. The molecule has 0 radical (unpaired) electrons. The lowest BCUT2D eigenvalue weighted by Gasteiger charge is -2.22. The van der Waals surface area contributed by atoms with E-state index in [1.807, 2.05) is 29.6 Å². The Kier molecular flexibility index (Phi) is 5.91. The summed E-state index contributed by atoms with van der Waals surface area (Å²) in [5.74, 6) is -0.00122. The Labute approximate surface area is 161 Å². The Morgan fingerprint density at radius 3 is 2.62 bits per heavy atom. The number of nitrogens with zero attached hydrogens (tertiary/aromatic N) is 2. The van der Waals surface area contributed by atoms with Gasteiger partial charge in [-0.05, 0) is 35.4 Å². The molecule has 1 atom stereocenters. The molecule has 1 heterocycles. The average molecular weight is 387 g/mol. The molecule has 0 spiro atoms. The van der Waals surface area contributed by atoms with Crippen molar-refractivity contribution < 1.29 is 9.90 Å². The number of phenols is 1. The zero-order chi connectivity index (χ0) is 18.5. The minimum absolute atomic E-state index is 0.00789. The minimum Gasteiger partial charge on any atom is -0.508 e. The van der Waals surface area contributed by atoms with E-state index in [4.69, 9.17) is 11.6 Å². The largest absolute Gasteiger partial charge is 0.508 e. The highest BCUT2D eigenvalue weighted by atomic mass is 35.5. The lowest BCUT2D eigenvalue weighted by Crippen LogP contribution is -2.27. The van der Waals surface area contributed by atoms with E-state index < -0.39 is 0 Å². The van der Waals surface area contributed by atoms with Crippen molar-refractivity contribution in [3.8, 4) is 5.75 Å². The van der Waals surface area contributed by atoms with Gasteiger partial charge >= 0.3 is 0 Å². The molecule has 0 saturated heterocycles. The second-order valence-corrected chi connectivity index (χ2v) is 7.50. The van der Waals surface area contributed by atoms with E-state index in [-0.39, 0.29) is 24.0 Å². The molecule has 1 aromatic heterocycles. The van der Waals surface area contributed by atoms with Crippen LogP contribution in [0.3, 0.4) is 0 Å². The van der Waals surface area contributed by atoms with Crippen LogP contribution in [0.15, 0.2) is 60.1 Å². The van der Waals surface area contributed by atoms with E-state index >= 15 is 0 Å². The molecule has 1 amide bonds. The monoisotopic (exact) mass is 386 g/mol. The van der Waals surface area contributed by atoms with Crippen LogP contribution in [-0.4, -0.2) is 27.9 Å². The summed E-state index contributed by atoms with van der Waals surface area (Å²) in [7, 11) is 1.78. The Bertz CT molecular complexity index is 838. The van der Waals surface area contributed by atoms with Gasteiger partial charge in [0.15, 0.2) is 0 Å². The predicted octanol–water partition coefficient (Wildman–Crippen LogP) is 4.68. The summed E-state index contributed by atoms with van der Waals surface area (Å²) in [4.78, 5) is 18.7. The number of phenolic OH excluding ortho intramolecular Hbond substituents is 1. The van der Waals surface area contributed by atoms with Crippen molar-refractivity contribution in [2.24, 2.45) is 0 Å². The molecule has 134 valence electrons. The zero-order valence-electron chi connectivity index (χ0n) is 14.3. The third-order valence-electron chi connectivity index (χ3n) is 4.18. The van der Waals surface area contributed by atoms with Gasteiger partial charge in [0, 0.05) is 36.0 Å². The van der Waals surface area contributed by atoms with Crippen LogP contribution in [0, 0.1) is 0 Å². The Hall–Kier alpha value is -2.37. The first-order valence-corrected chi connectivity index (χ1v) is 9.45. The molecule has 0 aliphatic rings. The van der Waals surface area contributed by atoms with Gasteiger partial charge < -0.3 is 10.0 Å². The number of thiazole rings is 1. The molecule has 3 rings (SSSR count). The molecule has 3 aromatic rings. The molecule has 4 nitrogen and oxygen atoms in total. The van der Waals surface area contributed by atoms with Crippen LogP contribution in [0.5, 0.6) is 5.75 Å². The van der Waals surface area contributed by atoms with Crippen molar-refractivity contribution in [3.05, 3.63) is 81.3 Å². The molecule has 0 aliphatic heterocycles. The highest BCUT2D eigenvalue weighted by Crippen LogP contribution is 2.32. The second-order valence-electron chi connectivity index (χ2n) is 6.08. The highest BCUT2D eigenvalue weighted by Gasteiger charge is 2.21. The number of carbonyl (C=O) groups excluding carboxylic acids is 1. The van der Waals surface area contributed by atoms with Gasteiger partial charge in [-0.15, -0.1) is 11.3 Å². The minimum atomic E-state index is -0.188.